The SMILES string of the molecule is O=C(O)CCC(=O)NC(=O)Nc1ccc(Cl)c(Br)c1. The summed E-state index contributed by atoms with van der Waals surface area (Å²) in [4.78, 5) is 32.9. The van der Waals surface area contributed by atoms with Crippen LogP contribution in [-0.4, -0.2) is 23.0 Å². The number of hydrogen-bond acceptors (Lipinski definition) is 3. The smallest absolute Gasteiger partial charge is 0.325 e. The van der Waals surface area contributed by atoms with E-state index in [1.165, 1.54) is 0 Å². The molecular weight excluding hydrogens is 339 g/mol. The van der Waals surface area contributed by atoms with Gasteiger partial charge in [0.15, 0.2) is 0 Å². The molecule has 102 valence electrons. The third kappa shape index (κ3) is 5.71. The highest BCUT2D eigenvalue weighted by Gasteiger charge is 2.10. The van der Waals surface area contributed by atoms with Gasteiger partial charge in [-0.05, 0) is 34.1 Å². The van der Waals surface area contributed by atoms with Crippen LogP contribution in [0.1, 0.15) is 12.8 Å². The number of aliphatic carboxylic acids is 1. The molecule has 0 fully saturated rings. The second-order valence-corrected chi connectivity index (χ2v) is 4.79. The highest BCUT2D eigenvalue weighted by molar-refractivity contribution is 9.10. The number of carboxylic acids is 1. The summed E-state index contributed by atoms with van der Waals surface area (Å²) < 4.78 is 0.601. The Bertz CT molecular complexity index is 521. The first-order chi connectivity index (χ1) is 8.88. The van der Waals surface area contributed by atoms with Crippen LogP contribution in [0.15, 0.2) is 22.7 Å². The zero-order valence-corrected chi connectivity index (χ0v) is 11.9. The lowest BCUT2D eigenvalue weighted by molar-refractivity contribution is -0.138. The Balaban J connectivity index is 2.48. The van der Waals surface area contributed by atoms with Crippen molar-refractivity contribution in [3.63, 3.8) is 0 Å². The molecule has 8 heteroatoms. The van der Waals surface area contributed by atoms with Gasteiger partial charge in [0, 0.05) is 16.6 Å². The lowest BCUT2D eigenvalue weighted by Gasteiger charge is -2.07. The van der Waals surface area contributed by atoms with Crippen molar-refractivity contribution < 1.29 is 19.5 Å². The van der Waals surface area contributed by atoms with Crippen molar-refractivity contribution in [1.82, 2.24) is 5.32 Å². The van der Waals surface area contributed by atoms with Gasteiger partial charge < -0.3 is 10.4 Å². The predicted octanol–water partition coefficient (Wildman–Crippen LogP) is 2.62. The maximum Gasteiger partial charge on any atom is 0.325 e. The van der Waals surface area contributed by atoms with Crippen LogP contribution in [0.25, 0.3) is 0 Å². The zero-order chi connectivity index (χ0) is 14.4. The molecule has 1 aromatic carbocycles. The van der Waals surface area contributed by atoms with Crippen molar-refractivity contribution in [2.24, 2.45) is 0 Å². The fourth-order valence-electron chi connectivity index (χ4n) is 1.15. The first-order valence-corrected chi connectivity index (χ1v) is 6.33. The van der Waals surface area contributed by atoms with E-state index in [1.54, 1.807) is 18.2 Å². The van der Waals surface area contributed by atoms with Gasteiger partial charge in [-0.1, -0.05) is 11.6 Å². The highest BCUT2D eigenvalue weighted by Crippen LogP contribution is 2.25. The summed E-state index contributed by atoms with van der Waals surface area (Å²) in [5.41, 5.74) is 0.444. The van der Waals surface area contributed by atoms with Gasteiger partial charge >= 0.3 is 12.0 Å². The molecule has 0 aliphatic carbocycles. The van der Waals surface area contributed by atoms with Gasteiger partial charge in [-0.2, -0.15) is 0 Å². The molecule has 0 aromatic heterocycles. The van der Waals surface area contributed by atoms with Crippen molar-refractivity contribution in [3.8, 4) is 0 Å². The Morgan fingerprint density at radius 2 is 1.95 bits per heavy atom. The number of rotatable bonds is 4. The van der Waals surface area contributed by atoms with E-state index >= 15 is 0 Å². The van der Waals surface area contributed by atoms with Crippen LogP contribution < -0.4 is 10.6 Å². The molecule has 0 aliphatic heterocycles. The van der Waals surface area contributed by atoms with Gasteiger partial charge in [0.05, 0.1) is 11.4 Å². The van der Waals surface area contributed by atoms with Crippen LogP contribution in [-0.2, 0) is 9.59 Å². The minimum atomic E-state index is -1.10. The molecule has 6 nitrogen and oxygen atoms in total. The van der Waals surface area contributed by atoms with Gasteiger partial charge in [0.1, 0.15) is 0 Å². The molecule has 0 saturated heterocycles. The number of halogens is 2. The van der Waals surface area contributed by atoms with Crippen molar-refractivity contribution >= 4 is 51.1 Å². The van der Waals surface area contributed by atoms with Gasteiger partial charge in [-0.25, -0.2) is 4.79 Å². The van der Waals surface area contributed by atoms with E-state index in [9.17, 15) is 14.4 Å². The Labute approximate surface area is 122 Å². The second-order valence-electron chi connectivity index (χ2n) is 3.52. The largest absolute Gasteiger partial charge is 0.481 e. The average Bonchev–Trinajstić information content (AvgIpc) is 2.31. The van der Waals surface area contributed by atoms with E-state index in [2.05, 4.69) is 21.2 Å². The molecule has 0 heterocycles. The number of nitrogens with one attached hydrogen (secondary N) is 2. The Morgan fingerprint density at radius 1 is 1.26 bits per heavy atom. The molecule has 3 N–H and O–H groups in total. The first-order valence-electron chi connectivity index (χ1n) is 5.16. The maximum absolute atomic E-state index is 11.4. The van der Waals surface area contributed by atoms with E-state index in [0.717, 1.165) is 0 Å². The molecule has 0 spiro atoms. The lowest BCUT2D eigenvalue weighted by Crippen LogP contribution is -2.34. The number of carbonyl (C=O) groups is 3. The minimum Gasteiger partial charge on any atom is -0.481 e. The maximum atomic E-state index is 11.4. The number of imide groups is 1. The van der Waals surface area contributed by atoms with Crippen molar-refractivity contribution in [2.45, 2.75) is 12.8 Å². The molecule has 3 amide bonds. The van der Waals surface area contributed by atoms with Gasteiger partial charge in [-0.15, -0.1) is 0 Å². The van der Waals surface area contributed by atoms with Crippen molar-refractivity contribution in [1.29, 1.82) is 0 Å². The van der Waals surface area contributed by atoms with E-state index in [4.69, 9.17) is 16.7 Å². The topological polar surface area (TPSA) is 95.5 Å². The molecule has 0 atom stereocenters. The third-order valence-electron chi connectivity index (χ3n) is 2.00. The summed E-state index contributed by atoms with van der Waals surface area (Å²) in [6.45, 7) is 0. The minimum absolute atomic E-state index is 0.257. The molecular formula is C11H10BrClN2O4. The number of carbonyl (C=O) groups excluding carboxylic acids is 2. The monoisotopic (exact) mass is 348 g/mol. The summed E-state index contributed by atoms with van der Waals surface area (Å²) >= 11 is 8.98. The fraction of sp³-hybridized carbons (Fsp3) is 0.182. The van der Waals surface area contributed by atoms with Gasteiger partial charge in [-0.3, -0.25) is 14.9 Å². The molecule has 19 heavy (non-hydrogen) atoms. The number of hydrogen-bond donors (Lipinski definition) is 3. The van der Waals surface area contributed by atoms with Gasteiger partial charge in [0.2, 0.25) is 5.91 Å². The summed E-state index contributed by atoms with van der Waals surface area (Å²) in [5, 5.41) is 13.3. The van der Waals surface area contributed by atoms with E-state index in [0.29, 0.717) is 15.2 Å². The number of anilines is 1. The molecule has 0 saturated carbocycles. The predicted molar refractivity (Wildman–Crippen MR) is 73.2 cm³/mol. The van der Waals surface area contributed by atoms with Crippen LogP contribution in [0.4, 0.5) is 10.5 Å². The van der Waals surface area contributed by atoms with Crippen molar-refractivity contribution in [3.05, 3.63) is 27.7 Å². The van der Waals surface area contributed by atoms with Crippen LogP contribution in [0.5, 0.6) is 0 Å². The second kappa shape index (κ2) is 7.10. The Hall–Kier alpha value is -1.60. The van der Waals surface area contributed by atoms with Crippen LogP contribution in [0, 0.1) is 0 Å². The lowest BCUT2D eigenvalue weighted by atomic mass is 10.3. The molecule has 0 unspecified atom stereocenters. The molecule has 1 aromatic rings. The Morgan fingerprint density at radius 3 is 2.53 bits per heavy atom. The van der Waals surface area contributed by atoms with E-state index < -0.39 is 17.9 Å². The summed E-state index contributed by atoms with van der Waals surface area (Å²) in [7, 11) is 0. The number of amides is 3. The summed E-state index contributed by atoms with van der Waals surface area (Å²) in [6, 6.07) is 3.98. The standard InChI is InChI=1S/C11H10BrClN2O4/c12-7-5-6(1-2-8(7)13)14-11(19)15-9(16)3-4-10(17)18/h1-2,5H,3-4H2,(H,17,18)(H2,14,15,16,19). The van der Waals surface area contributed by atoms with Crippen LogP contribution in [0.3, 0.4) is 0 Å². The quantitative estimate of drug-likeness (QED) is 0.778. The van der Waals surface area contributed by atoms with Gasteiger partial charge in [0.25, 0.3) is 0 Å². The van der Waals surface area contributed by atoms with Crippen molar-refractivity contribution in [2.75, 3.05) is 5.32 Å². The normalized spacial score (nSPS) is 9.79. The third-order valence-corrected chi connectivity index (χ3v) is 3.21. The molecule has 0 aliphatic rings. The summed E-state index contributed by atoms with van der Waals surface area (Å²) in [5.74, 6) is -1.76. The first kappa shape index (κ1) is 15.5. The number of benzene rings is 1. The molecule has 1 rings (SSSR count). The molecule has 0 radical (unpaired) electrons. The average molecular weight is 350 g/mol. The fourth-order valence-corrected chi connectivity index (χ4v) is 1.64. The Kier molecular flexibility index (Phi) is 5.78. The van der Waals surface area contributed by atoms with E-state index in [1.807, 2.05) is 5.32 Å². The zero-order valence-electron chi connectivity index (χ0n) is 9.57. The number of carboxylic acid groups (broad SMARTS) is 1. The highest BCUT2D eigenvalue weighted by atomic mass is 79.9. The van der Waals surface area contributed by atoms with Crippen LogP contribution >= 0.6 is 27.5 Å². The van der Waals surface area contributed by atoms with Crippen LogP contribution in [0.2, 0.25) is 5.02 Å². The summed E-state index contributed by atoms with van der Waals surface area (Å²) in [6.07, 6.45) is -0.585. The molecule has 0 bridgehead atoms. The number of urea groups is 1. The van der Waals surface area contributed by atoms with E-state index in [-0.39, 0.29) is 12.8 Å².